The lowest BCUT2D eigenvalue weighted by atomic mass is 10.0. The van der Waals surface area contributed by atoms with Crippen LogP contribution in [-0.4, -0.2) is 17.3 Å². The molecule has 2 unspecified atom stereocenters. The van der Waals surface area contributed by atoms with E-state index < -0.39 is 0 Å². The molecule has 0 radical (unpaired) electrons. The van der Waals surface area contributed by atoms with Gasteiger partial charge < -0.3 is 5.32 Å². The summed E-state index contributed by atoms with van der Waals surface area (Å²) in [6.45, 7) is 8.47. The molecule has 0 aromatic heterocycles. The molecular weight excluding hydrogens is 254 g/mol. The first-order valence-electron chi connectivity index (χ1n) is 5.87. The van der Waals surface area contributed by atoms with Crippen LogP contribution in [0.1, 0.15) is 47.0 Å². The molecule has 1 N–H and O–H groups in total. The largest absolute Gasteiger partial charge is 0.352 e. The summed E-state index contributed by atoms with van der Waals surface area (Å²) in [5, 5.41) is 3.94. The fourth-order valence-electron chi connectivity index (χ4n) is 1.64. The number of hydrogen-bond acceptors (Lipinski definition) is 1. The van der Waals surface area contributed by atoms with Gasteiger partial charge in [-0.05, 0) is 18.8 Å². The summed E-state index contributed by atoms with van der Waals surface area (Å²) in [5.41, 5.74) is 0. The molecule has 0 spiro atoms. The smallest absolute Gasteiger partial charge is 0.223 e. The zero-order valence-electron chi connectivity index (χ0n) is 10.3. The van der Waals surface area contributed by atoms with Crippen molar-refractivity contribution in [1.29, 1.82) is 0 Å². The Labute approximate surface area is 102 Å². The van der Waals surface area contributed by atoms with Crippen molar-refractivity contribution >= 4 is 21.8 Å². The van der Waals surface area contributed by atoms with Crippen LogP contribution in [0.5, 0.6) is 0 Å². The van der Waals surface area contributed by atoms with Gasteiger partial charge in [-0.2, -0.15) is 0 Å². The summed E-state index contributed by atoms with van der Waals surface area (Å²) in [7, 11) is 0. The second-order valence-electron chi connectivity index (χ2n) is 4.68. The summed E-state index contributed by atoms with van der Waals surface area (Å²) in [6.07, 6.45) is 3.08. The zero-order valence-corrected chi connectivity index (χ0v) is 11.9. The molecule has 0 aliphatic carbocycles. The van der Waals surface area contributed by atoms with E-state index in [1.165, 1.54) is 0 Å². The van der Waals surface area contributed by atoms with Crippen molar-refractivity contribution < 1.29 is 4.79 Å². The molecule has 0 aromatic rings. The normalized spacial score (nSPS) is 15.1. The van der Waals surface area contributed by atoms with Crippen LogP contribution in [0.4, 0.5) is 0 Å². The van der Waals surface area contributed by atoms with Crippen LogP contribution in [0, 0.1) is 11.8 Å². The molecule has 0 saturated carbocycles. The summed E-state index contributed by atoms with van der Waals surface area (Å²) >= 11 is 3.45. The Morgan fingerprint density at radius 2 is 1.93 bits per heavy atom. The number of carbonyl (C=O) groups excluding carboxylic acids is 1. The van der Waals surface area contributed by atoms with Crippen molar-refractivity contribution in [3.05, 3.63) is 0 Å². The topological polar surface area (TPSA) is 29.1 Å². The number of halogens is 1. The molecule has 0 aromatic carbocycles. The van der Waals surface area contributed by atoms with Gasteiger partial charge in [0.05, 0.1) is 0 Å². The van der Waals surface area contributed by atoms with Crippen molar-refractivity contribution in [3.8, 4) is 0 Å². The maximum atomic E-state index is 11.8. The van der Waals surface area contributed by atoms with Gasteiger partial charge in [-0.1, -0.05) is 50.0 Å². The minimum Gasteiger partial charge on any atom is -0.352 e. The highest BCUT2D eigenvalue weighted by molar-refractivity contribution is 9.09. The van der Waals surface area contributed by atoms with Gasteiger partial charge in [0.2, 0.25) is 5.91 Å². The number of rotatable bonds is 7. The molecule has 2 atom stereocenters. The number of nitrogens with one attached hydrogen (secondary N) is 1. The fourth-order valence-corrected chi connectivity index (χ4v) is 2.06. The van der Waals surface area contributed by atoms with Crippen molar-refractivity contribution in [2.24, 2.45) is 11.8 Å². The highest BCUT2D eigenvalue weighted by Crippen LogP contribution is 2.10. The van der Waals surface area contributed by atoms with Gasteiger partial charge in [-0.3, -0.25) is 4.79 Å². The number of amides is 1. The summed E-state index contributed by atoms with van der Waals surface area (Å²) in [4.78, 5) is 11.8. The molecule has 1 amide bonds. The molecule has 90 valence electrons. The van der Waals surface area contributed by atoms with Crippen LogP contribution in [0.25, 0.3) is 0 Å². The van der Waals surface area contributed by atoms with Crippen LogP contribution < -0.4 is 5.32 Å². The first kappa shape index (κ1) is 14.9. The third-order valence-electron chi connectivity index (χ3n) is 2.46. The van der Waals surface area contributed by atoms with Gasteiger partial charge in [-0.15, -0.1) is 0 Å². The predicted octanol–water partition coefficient (Wildman–Crippen LogP) is 3.35. The Morgan fingerprint density at radius 1 is 1.33 bits per heavy atom. The second kappa shape index (κ2) is 8.14. The molecule has 2 nitrogen and oxygen atoms in total. The minimum atomic E-state index is 0.142. The Kier molecular flexibility index (Phi) is 8.12. The van der Waals surface area contributed by atoms with E-state index >= 15 is 0 Å². The van der Waals surface area contributed by atoms with Crippen molar-refractivity contribution in [2.45, 2.75) is 53.0 Å². The Morgan fingerprint density at radius 3 is 2.33 bits per heavy atom. The average Bonchev–Trinajstić information content (AvgIpc) is 2.16. The molecule has 3 heteroatoms. The molecule has 0 saturated heterocycles. The molecule has 15 heavy (non-hydrogen) atoms. The van der Waals surface area contributed by atoms with Crippen LogP contribution in [-0.2, 0) is 4.79 Å². The monoisotopic (exact) mass is 277 g/mol. The van der Waals surface area contributed by atoms with E-state index in [0.717, 1.165) is 24.6 Å². The first-order valence-corrected chi connectivity index (χ1v) is 6.99. The molecule has 0 aliphatic rings. The highest BCUT2D eigenvalue weighted by Gasteiger charge is 2.16. The molecule has 0 bridgehead atoms. The molecular formula is C12H24BrNO. The van der Waals surface area contributed by atoms with E-state index in [9.17, 15) is 4.79 Å². The number of carbonyl (C=O) groups is 1. The van der Waals surface area contributed by atoms with Crippen LogP contribution in [0.3, 0.4) is 0 Å². The van der Waals surface area contributed by atoms with Crippen LogP contribution >= 0.6 is 15.9 Å². The Balaban J connectivity index is 4.00. The first-order chi connectivity index (χ1) is 7.01. The quantitative estimate of drug-likeness (QED) is 0.711. The standard InChI is InChI=1S/C12H24BrNO/c1-5-6-10(4)12(15)14-11(8-13)7-9(2)3/h9-11H,5-8H2,1-4H3,(H,14,15). The van der Waals surface area contributed by atoms with Crippen LogP contribution in [0.2, 0.25) is 0 Å². The second-order valence-corrected chi connectivity index (χ2v) is 5.33. The van der Waals surface area contributed by atoms with Crippen LogP contribution in [0.15, 0.2) is 0 Å². The lowest BCUT2D eigenvalue weighted by molar-refractivity contribution is -0.125. The molecule has 0 rings (SSSR count). The lowest BCUT2D eigenvalue weighted by Crippen LogP contribution is -2.39. The number of alkyl halides is 1. The van der Waals surface area contributed by atoms with Gasteiger partial charge in [0.25, 0.3) is 0 Å². The molecule has 0 fully saturated rings. The fraction of sp³-hybridized carbons (Fsp3) is 0.917. The summed E-state index contributed by atoms with van der Waals surface area (Å²) < 4.78 is 0. The SMILES string of the molecule is CCCC(C)C(=O)NC(CBr)CC(C)C. The van der Waals surface area contributed by atoms with Crippen molar-refractivity contribution in [2.75, 3.05) is 5.33 Å². The molecule has 0 aliphatic heterocycles. The molecule has 0 heterocycles. The highest BCUT2D eigenvalue weighted by atomic mass is 79.9. The van der Waals surface area contributed by atoms with Gasteiger partial charge in [-0.25, -0.2) is 0 Å². The Hall–Kier alpha value is -0.0500. The maximum absolute atomic E-state index is 11.8. The maximum Gasteiger partial charge on any atom is 0.223 e. The van der Waals surface area contributed by atoms with E-state index in [0.29, 0.717) is 5.92 Å². The summed E-state index contributed by atoms with van der Waals surface area (Å²) in [5.74, 6) is 0.958. The van der Waals surface area contributed by atoms with E-state index in [2.05, 4.69) is 42.0 Å². The average molecular weight is 278 g/mol. The van der Waals surface area contributed by atoms with Crippen molar-refractivity contribution in [3.63, 3.8) is 0 Å². The van der Waals surface area contributed by atoms with Gasteiger partial charge in [0.1, 0.15) is 0 Å². The van der Waals surface area contributed by atoms with E-state index in [-0.39, 0.29) is 17.9 Å². The van der Waals surface area contributed by atoms with E-state index in [1.807, 2.05) is 6.92 Å². The third-order valence-corrected chi connectivity index (χ3v) is 3.24. The van der Waals surface area contributed by atoms with Gasteiger partial charge in [0.15, 0.2) is 0 Å². The number of hydrogen-bond donors (Lipinski definition) is 1. The van der Waals surface area contributed by atoms with Gasteiger partial charge >= 0.3 is 0 Å². The lowest BCUT2D eigenvalue weighted by Gasteiger charge is -2.20. The Bertz CT molecular complexity index is 182. The van der Waals surface area contributed by atoms with E-state index in [1.54, 1.807) is 0 Å². The summed E-state index contributed by atoms with van der Waals surface area (Å²) in [6, 6.07) is 0.275. The minimum absolute atomic E-state index is 0.142. The zero-order chi connectivity index (χ0) is 11.8. The third kappa shape index (κ3) is 6.93. The van der Waals surface area contributed by atoms with E-state index in [4.69, 9.17) is 0 Å². The van der Waals surface area contributed by atoms with Gasteiger partial charge in [0, 0.05) is 17.3 Å². The van der Waals surface area contributed by atoms with Crippen molar-refractivity contribution in [1.82, 2.24) is 5.32 Å². The predicted molar refractivity (Wildman–Crippen MR) is 69.3 cm³/mol.